The van der Waals surface area contributed by atoms with Crippen molar-refractivity contribution in [1.82, 2.24) is 0 Å². The number of hydrogen-bond acceptors (Lipinski definition) is 2. The number of carboxylic acids is 1. The molecule has 0 spiro atoms. The lowest BCUT2D eigenvalue weighted by atomic mass is 9.53. The fourth-order valence-electron chi connectivity index (χ4n) is 3.47. The van der Waals surface area contributed by atoms with Crippen molar-refractivity contribution in [3.8, 4) is 0 Å². The summed E-state index contributed by atoms with van der Waals surface area (Å²) >= 11 is 0. The van der Waals surface area contributed by atoms with E-state index >= 15 is 0 Å². The molecule has 1 saturated carbocycles. The minimum atomic E-state index is -0.837. The van der Waals surface area contributed by atoms with Gasteiger partial charge in [-0.2, -0.15) is 0 Å². The molecule has 3 nitrogen and oxygen atoms in total. The van der Waals surface area contributed by atoms with Crippen molar-refractivity contribution in [2.75, 3.05) is 0 Å². The van der Waals surface area contributed by atoms with Gasteiger partial charge in [0.1, 0.15) is 6.29 Å². The van der Waals surface area contributed by atoms with Gasteiger partial charge < -0.3 is 9.90 Å². The summed E-state index contributed by atoms with van der Waals surface area (Å²) in [6.45, 7) is 0. The Hall–Kier alpha value is -2.42. The van der Waals surface area contributed by atoms with Gasteiger partial charge in [-0.15, -0.1) is 0 Å². The van der Waals surface area contributed by atoms with Gasteiger partial charge in [0.25, 0.3) is 0 Å². The van der Waals surface area contributed by atoms with Gasteiger partial charge >= 0.3 is 5.97 Å². The molecule has 0 bridgehead atoms. The van der Waals surface area contributed by atoms with Crippen molar-refractivity contribution in [2.24, 2.45) is 11.8 Å². The Labute approximate surface area is 123 Å². The Morgan fingerprint density at radius 2 is 1.29 bits per heavy atom. The average molecular weight is 280 g/mol. The molecule has 0 aliphatic heterocycles. The number of carbonyl (C=O) groups excluding carboxylic acids is 1. The first-order valence-electron chi connectivity index (χ1n) is 7.02. The third kappa shape index (κ3) is 2.25. The molecule has 0 amide bonds. The minimum absolute atomic E-state index is 0.244. The van der Waals surface area contributed by atoms with Crippen LogP contribution in [0.4, 0.5) is 0 Å². The lowest BCUT2D eigenvalue weighted by Crippen LogP contribution is -2.48. The Morgan fingerprint density at radius 1 is 0.857 bits per heavy atom. The first kappa shape index (κ1) is 13.6. The quantitative estimate of drug-likeness (QED) is 0.876. The molecule has 1 N–H and O–H groups in total. The number of rotatable bonds is 4. The first-order chi connectivity index (χ1) is 10.2. The van der Waals surface area contributed by atoms with Crippen LogP contribution in [-0.4, -0.2) is 17.4 Å². The fraction of sp³-hybridized carbons (Fsp3) is 0.222. The van der Waals surface area contributed by atoms with E-state index in [1.165, 1.54) is 0 Å². The molecule has 2 aromatic rings. The minimum Gasteiger partial charge on any atom is -0.481 e. The van der Waals surface area contributed by atoms with Crippen LogP contribution in [0.5, 0.6) is 0 Å². The van der Waals surface area contributed by atoms with Crippen LogP contribution >= 0.6 is 0 Å². The second-order valence-electron chi connectivity index (χ2n) is 5.45. The smallest absolute Gasteiger partial charge is 0.307 e. The van der Waals surface area contributed by atoms with E-state index in [2.05, 4.69) is 0 Å². The molecule has 0 unspecified atom stereocenters. The molecule has 1 fully saturated rings. The zero-order chi connectivity index (χ0) is 14.8. The molecule has 1 aliphatic carbocycles. The zero-order valence-corrected chi connectivity index (χ0v) is 11.4. The molecule has 106 valence electrons. The van der Waals surface area contributed by atoms with E-state index < -0.39 is 11.9 Å². The zero-order valence-electron chi connectivity index (χ0n) is 11.4. The molecule has 3 rings (SSSR count). The second-order valence-corrected chi connectivity index (χ2v) is 5.45. The largest absolute Gasteiger partial charge is 0.481 e. The number of aldehydes is 1. The van der Waals surface area contributed by atoms with Crippen LogP contribution in [0.25, 0.3) is 0 Å². The van der Waals surface area contributed by atoms with Crippen molar-refractivity contribution in [3.05, 3.63) is 71.8 Å². The summed E-state index contributed by atoms with van der Waals surface area (Å²) in [6.07, 6.45) is 0.911. The molecule has 0 heterocycles. The molecular weight excluding hydrogens is 264 g/mol. The fourth-order valence-corrected chi connectivity index (χ4v) is 3.47. The summed E-state index contributed by atoms with van der Waals surface area (Å²) in [4.78, 5) is 23.2. The van der Waals surface area contributed by atoms with E-state index in [4.69, 9.17) is 0 Å². The standard InChI is InChI=1S/C18H16O3/c19-11-14-15(12-7-3-1-4-8-12)17(18(20)21)16(14)13-9-5-2-6-10-13/h1-11,14-17H,(H,20,21)/t14?,15-,16-,17?/m0/s1. The summed E-state index contributed by atoms with van der Waals surface area (Å²) in [5.41, 5.74) is 1.85. The highest BCUT2D eigenvalue weighted by molar-refractivity contribution is 5.79. The number of benzene rings is 2. The van der Waals surface area contributed by atoms with Gasteiger partial charge in [-0.3, -0.25) is 4.79 Å². The Kier molecular flexibility index (Phi) is 3.57. The summed E-state index contributed by atoms with van der Waals surface area (Å²) in [5, 5.41) is 9.59. The number of carboxylic acid groups (broad SMARTS) is 1. The van der Waals surface area contributed by atoms with Crippen molar-refractivity contribution in [3.63, 3.8) is 0 Å². The van der Waals surface area contributed by atoms with Crippen molar-refractivity contribution < 1.29 is 14.7 Å². The van der Waals surface area contributed by atoms with E-state index in [0.29, 0.717) is 0 Å². The van der Waals surface area contributed by atoms with Gasteiger partial charge in [0.15, 0.2) is 0 Å². The lowest BCUT2D eigenvalue weighted by Gasteiger charge is -2.48. The van der Waals surface area contributed by atoms with E-state index in [-0.39, 0.29) is 17.8 Å². The second kappa shape index (κ2) is 5.52. The van der Waals surface area contributed by atoms with Gasteiger partial charge in [-0.1, -0.05) is 60.7 Å². The average Bonchev–Trinajstić information content (AvgIpc) is 2.48. The molecule has 3 heteroatoms. The van der Waals surface area contributed by atoms with Crippen molar-refractivity contribution in [1.29, 1.82) is 0 Å². The van der Waals surface area contributed by atoms with E-state index in [9.17, 15) is 14.7 Å². The predicted octanol–water partition coefficient (Wildman–Crippen LogP) is 3.08. The normalized spacial score (nSPS) is 27.6. The maximum Gasteiger partial charge on any atom is 0.307 e. The number of carbonyl (C=O) groups is 2. The highest BCUT2D eigenvalue weighted by Gasteiger charge is 2.55. The van der Waals surface area contributed by atoms with Gasteiger partial charge in [0.2, 0.25) is 0 Å². The van der Waals surface area contributed by atoms with Gasteiger partial charge in [-0.25, -0.2) is 0 Å². The highest BCUT2D eigenvalue weighted by Crippen LogP contribution is 2.56. The molecule has 0 radical (unpaired) electrons. The van der Waals surface area contributed by atoms with Crippen LogP contribution in [0.3, 0.4) is 0 Å². The van der Waals surface area contributed by atoms with Gasteiger partial charge in [0, 0.05) is 17.8 Å². The summed E-state index contributed by atoms with van der Waals surface area (Å²) in [7, 11) is 0. The molecule has 2 aromatic carbocycles. The molecule has 2 atom stereocenters. The topological polar surface area (TPSA) is 54.4 Å². The molecular formula is C18H16O3. The maximum atomic E-state index is 11.7. The van der Waals surface area contributed by atoms with Crippen LogP contribution in [0, 0.1) is 11.8 Å². The predicted molar refractivity (Wildman–Crippen MR) is 79.0 cm³/mol. The van der Waals surface area contributed by atoms with Crippen molar-refractivity contribution >= 4 is 12.3 Å². The monoisotopic (exact) mass is 280 g/mol. The van der Waals surface area contributed by atoms with E-state index in [0.717, 1.165) is 17.4 Å². The van der Waals surface area contributed by atoms with Gasteiger partial charge in [0.05, 0.1) is 5.92 Å². The Balaban J connectivity index is 2.00. The van der Waals surface area contributed by atoms with Crippen LogP contribution < -0.4 is 0 Å². The highest BCUT2D eigenvalue weighted by atomic mass is 16.4. The van der Waals surface area contributed by atoms with E-state index in [1.54, 1.807) is 0 Å². The Morgan fingerprint density at radius 3 is 1.62 bits per heavy atom. The van der Waals surface area contributed by atoms with E-state index in [1.807, 2.05) is 60.7 Å². The van der Waals surface area contributed by atoms with Crippen LogP contribution in [-0.2, 0) is 9.59 Å². The van der Waals surface area contributed by atoms with Crippen molar-refractivity contribution in [2.45, 2.75) is 11.8 Å². The number of aliphatic carboxylic acids is 1. The summed E-state index contributed by atoms with van der Waals surface area (Å²) in [5.74, 6) is -2.16. The van der Waals surface area contributed by atoms with Crippen LogP contribution in [0.15, 0.2) is 60.7 Å². The van der Waals surface area contributed by atoms with Crippen LogP contribution in [0.1, 0.15) is 23.0 Å². The summed E-state index contributed by atoms with van der Waals surface area (Å²) < 4.78 is 0. The third-order valence-electron chi connectivity index (χ3n) is 4.41. The number of hydrogen-bond donors (Lipinski definition) is 1. The third-order valence-corrected chi connectivity index (χ3v) is 4.41. The molecule has 0 saturated heterocycles. The first-order valence-corrected chi connectivity index (χ1v) is 7.02. The van der Waals surface area contributed by atoms with Crippen LogP contribution in [0.2, 0.25) is 0 Å². The van der Waals surface area contributed by atoms with Gasteiger partial charge in [-0.05, 0) is 11.1 Å². The Bertz CT molecular complexity index is 589. The SMILES string of the molecule is O=CC1[C@H](c2ccccc2)C(C(=O)O)[C@H]1c1ccccc1. The molecule has 1 aliphatic rings. The summed E-state index contributed by atoms with van der Waals surface area (Å²) in [6, 6.07) is 18.9. The molecule has 0 aromatic heterocycles. The maximum absolute atomic E-state index is 11.7. The molecule has 21 heavy (non-hydrogen) atoms. The lowest BCUT2D eigenvalue weighted by molar-refractivity contribution is -0.150.